The van der Waals surface area contributed by atoms with E-state index in [-0.39, 0.29) is 12.2 Å². The van der Waals surface area contributed by atoms with E-state index >= 15 is 0 Å². The molecular weight excluding hydrogens is 202 g/mol. The molecule has 1 atom stereocenters. The van der Waals surface area contributed by atoms with Crippen LogP contribution in [0.25, 0.3) is 0 Å². The minimum absolute atomic E-state index is 0.0325. The molecule has 1 aromatic heterocycles. The van der Waals surface area contributed by atoms with Crippen LogP contribution in [0.2, 0.25) is 5.02 Å². The molecule has 0 aromatic carbocycles. The summed E-state index contributed by atoms with van der Waals surface area (Å²) >= 11 is 5.99. The van der Waals surface area contributed by atoms with E-state index in [0.29, 0.717) is 5.02 Å². The van der Waals surface area contributed by atoms with Gasteiger partial charge in [0.05, 0.1) is 28.9 Å². The second-order valence-electron chi connectivity index (χ2n) is 3.40. The molecule has 1 unspecified atom stereocenters. The molecule has 14 heavy (non-hydrogen) atoms. The number of aromatic nitrogens is 2. The zero-order chi connectivity index (χ0) is 10.9. The normalized spacial score (nSPS) is 12.9. The Balaban J connectivity index is 2.92. The maximum atomic E-state index is 11.4. The van der Waals surface area contributed by atoms with Crippen molar-refractivity contribution in [1.82, 2.24) is 9.78 Å². The summed E-state index contributed by atoms with van der Waals surface area (Å²) in [5.41, 5.74) is 6.93. The maximum absolute atomic E-state index is 11.4. The van der Waals surface area contributed by atoms with Crippen LogP contribution in [0.1, 0.15) is 18.3 Å². The Labute approximate surface area is 88.0 Å². The molecule has 1 heterocycles. The second-order valence-corrected chi connectivity index (χ2v) is 3.78. The van der Waals surface area contributed by atoms with Crippen LogP contribution < -0.4 is 5.73 Å². The lowest BCUT2D eigenvalue weighted by Gasteiger charge is -2.04. The van der Waals surface area contributed by atoms with Gasteiger partial charge < -0.3 is 5.73 Å². The van der Waals surface area contributed by atoms with Crippen LogP contribution in [-0.4, -0.2) is 21.6 Å². The van der Waals surface area contributed by atoms with Gasteiger partial charge >= 0.3 is 0 Å². The number of halogens is 1. The van der Waals surface area contributed by atoms with Gasteiger partial charge in [0.1, 0.15) is 0 Å². The third-order valence-electron chi connectivity index (χ3n) is 2.11. The van der Waals surface area contributed by atoms with Crippen molar-refractivity contribution in [2.45, 2.75) is 26.3 Å². The van der Waals surface area contributed by atoms with Crippen molar-refractivity contribution < 1.29 is 4.79 Å². The van der Waals surface area contributed by atoms with E-state index in [1.54, 1.807) is 18.7 Å². The number of hydrogen-bond acceptors (Lipinski definition) is 3. The first-order valence-corrected chi connectivity index (χ1v) is 4.77. The zero-order valence-corrected chi connectivity index (χ0v) is 9.30. The molecule has 5 heteroatoms. The molecule has 0 aliphatic heterocycles. The number of Topliss-reactive ketones (excluding diaryl/α,β-unsaturated/α-hetero) is 1. The van der Waals surface area contributed by atoms with E-state index in [9.17, 15) is 4.79 Å². The van der Waals surface area contributed by atoms with E-state index in [1.807, 2.05) is 6.92 Å². The Hall–Kier alpha value is -0.870. The molecule has 1 aromatic rings. The number of carbonyl (C=O) groups excluding carboxylic acids is 1. The molecule has 0 aliphatic rings. The first-order chi connectivity index (χ1) is 6.43. The number of nitrogens with two attached hydrogens (primary N) is 1. The minimum atomic E-state index is -0.457. The Morgan fingerprint density at radius 2 is 2.29 bits per heavy atom. The van der Waals surface area contributed by atoms with Crippen LogP contribution in [0.5, 0.6) is 0 Å². The number of nitrogens with zero attached hydrogens (tertiary/aromatic N) is 2. The van der Waals surface area contributed by atoms with E-state index in [1.165, 1.54) is 0 Å². The predicted molar refractivity (Wildman–Crippen MR) is 55.3 cm³/mol. The summed E-state index contributed by atoms with van der Waals surface area (Å²) in [5.74, 6) is -0.0325. The van der Waals surface area contributed by atoms with Crippen LogP contribution in [0, 0.1) is 6.92 Å². The highest BCUT2D eigenvalue weighted by atomic mass is 35.5. The Kier molecular flexibility index (Phi) is 3.29. The van der Waals surface area contributed by atoms with Gasteiger partial charge in [0.25, 0.3) is 0 Å². The SMILES string of the molecule is Cc1nn(C)c(CC(=O)C(C)N)c1Cl. The monoisotopic (exact) mass is 215 g/mol. The van der Waals surface area contributed by atoms with Gasteiger partial charge in [-0.25, -0.2) is 0 Å². The molecule has 4 nitrogen and oxygen atoms in total. The molecule has 0 fully saturated rings. The van der Waals surface area contributed by atoms with Gasteiger partial charge in [0, 0.05) is 7.05 Å². The minimum Gasteiger partial charge on any atom is -0.322 e. The fourth-order valence-corrected chi connectivity index (χ4v) is 1.43. The van der Waals surface area contributed by atoms with Gasteiger partial charge in [-0.3, -0.25) is 9.48 Å². The summed E-state index contributed by atoms with van der Waals surface area (Å²) in [5, 5.41) is 4.67. The summed E-state index contributed by atoms with van der Waals surface area (Å²) in [6.07, 6.45) is 0.244. The summed E-state index contributed by atoms with van der Waals surface area (Å²) in [7, 11) is 1.77. The van der Waals surface area contributed by atoms with Crippen molar-refractivity contribution in [2.75, 3.05) is 0 Å². The molecular formula is C9H14ClN3O. The summed E-state index contributed by atoms with van der Waals surface area (Å²) in [6.45, 7) is 3.47. The van der Waals surface area contributed by atoms with Gasteiger partial charge in [0.15, 0.2) is 5.78 Å². The van der Waals surface area contributed by atoms with Crippen molar-refractivity contribution in [3.05, 3.63) is 16.4 Å². The van der Waals surface area contributed by atoms with Crippen molar-refractivity contribution >= 4 is 17.4 Å². The third kappa shape index (κ3) is 2.13. The topological polar surface area (TPSA) is 60.9 Å². The number of rotatable bonds is 3. The highest BCUT2D eigenvalue weighted by molar-refractivity contribution is 6.32. The molecule has 0 bridgehead atoms. The smallest absolute Gasteiger partial charge is 0.155 e. The molecule has 1 rings (SSSR count). The van der Waals surface area contributed by atoms with E-state index < -0.39 is 6.04 Å². The molecule has 78 valence electrons. The van der Waals surface area contributed by atoms with Crippen LogP contribution in [-0.2, 0) is 18.3 Å². The Morgan fingerprint density at radius 1 is 1.71 bits per heavy atom. The molecule has 0 saturated carbocycles. The van der Waals surface area contributed by atoms with Gasteiger partial charge in [-0.1, -0.05) is 11.6 Å². The van der Waals surface area contributed by atoms with Crippen LogP contribution >= 0.6 is 11.6 Å². The quantitative estimate of drug-likeness (QED) is 0.813. The fourth-order valence-electron chi connectivity index (χ4n) is 1.20. The third-order valence-corrected chi connectivity index (χ3v) is 2.60. The molecule has 0 radical (unpaired) electrons. The lowest BCUT2D eigenvalue weighted by Crippen LogP contribution is -2.28. The van der Waals surface area contributed by atoms with Crippen molar-refractivity contribution in [3.63, 3.8) is 0 Å². The molecule has 0 saturated heterocycles. The first kappa shape index (κ1) is 11.2. The van der Waals surface area contributed by atoms with Gasteiger partial charge in [-0.2, -0.15) is 5.10 Å². The van der Waals surface area contributed by atoms with Crippen LogP contribution in [0.4, 0.5) is 0 Å². The van der Waals surface area contributed by atoms with Gasteiger partial charge in [-0.05, 0) is 13.8 Å². The van der Waals surface area contributed by atoms with Gasteiger partial charge in [-0.15, -0.1) is 0 Å². The molecule has 0 aliphatic carbocycles. The van der Waals surface area contributed by atoms with Crippen LogP contribution in [0.3, 0.4) is 0 Å². The largest absolute Gasteiger partial charge is 0.322 e. The number of hydrogen-bond donors (Lipinski definition) is 1. The summed E-state index contributed by atoms with van der Waals surface area (Å²) < 4.78 is 1.62. The molecule has 2 N–H and O–H groups in total. The predicted octanol–water partition coefficient (Wildman–Crippen LogP) is 0.841. The Morgan fingerprint density at radius 3 is 2.64 bits per heavy atom. The van der Waals surface area contributed by atoms with E-state index in [0.717, 1.165) is 11.4 Å². The summed E-state index contributed by atoms with van der Waals surface area (Å²) in [4.78, 5) is 11.4. The van der Waals surface area contributed by atoms with Crippen molar-refractivity contribution in [1.29, 1.82) is 0 Å². The lowest BCUT2D eigenvalue weighted by molar-refractivity contribution is -0.119. The van der Waals surface area contributed by atoms with E-state index in [4.69, 9.17) is 17.3 Å². The average Bonchev–Trinajstić information content (AvgIpc) is 2.32. The number of aryl methyl sites for hydroxylation is 2. The highest BCUT2D eigenvalue weighted by Gasteiger charge is 2.16. The Bertz CT molecular complexity index is 357. The van der Waals surface area contributed by atoms with E-state index in [2.05, 4.69) is 5.10 Å². The maximum Gasteiger partial charge on any atom is 0.155 e. The lowest BCUT2D eigenvalue weighted by atomic mass is 10.1. The zero-order valence-electron chi connectivity index (χ0n) is 8.54. The summed E-state index contributed by atoms with van der Waals surface area (Å²) in [6, 6.07) is -0.457. The number of ketones is 1. The van der Waals surface area contributed by atoms with Crippen LogP contribution in [0.15, 0.2) is 0 Å². The molecule has 0 amide bonds. The standard InChI is InChI=1S/C9H14ClN3O/c1-5(11)8(14)4-7-9(10)6(2)12-13(7)3/h5H,4,11H2,1-3H3. The number of carbonyl (C=O) groups is 1. The molecule has 0 spiro atoms. The highest BCUT2D eigenvalue weighted by Crippen LogP contribution is 2.19. The van der Waals surface area contributed by atoms with Crippen molar-refractivity contribution in [3.8, 4) is 0 Å². The fraction of sp³-hybridized carbons (Fsp3) is 0.556. The van der Waals surface area contributed by atoms with Gasteiger partial charge in [0.2, 0.25) is 0 Å². The first-order valence-electron chi connectivity index (χ1n) is 4.39. The van der Waals surface area contributed by atoms with Crippen molar-refractivity contribution in [2.24, 2.45) is 12.8 Å². The average molecular weight is 216 g/mol. The second kappa shape index (κ2) is 4.11.